The van der Waals surface area contributed by atoms with E-state index in [-0.39, 0.29) is 0 Å². The second kappa shape index (κ2) is 6.99. The zero-order chi connectivity index (χ0) is 14.5. The molecule has 0 atom stereocenters. The minimum atomic E-state index is 0.726. The lowest BCUT2D eigenvalue weighted by Gasteiger charge is -2.16. The quantitative estimate of drug-likeness (QED) is 0.842. The van der Waals surface area contributed by atoms with Crippen LogP contribution in [0.2, 0.25) is 0 Å². The van der Waals surface area contributed by atoms with E-state index in [1.54, 1.807) is 7.11 Å². The molecule has 0 spiro atoms. The maximum absolute atomic E-state index is 5.43. The van der Waals surface area contributed by atoms with E-state index < -0.39 is 0 Å². The summed E-state index contributed by atoms with van der Waals surface area (Å²) in [7, 11) is 1.74. The Balaban J connectivity index is 1.60. The van der Waals surface area contributed by atoms with Crippen LogP contribution in [0.4, 0.5) is 0 Å². The van der Waals surface area contributed by atoms with Crippen molar-refractivity contribution in [2.75, 3.05) is 13.7 Å². The van der Waals surface area contributed by atoms with E-state index in [0.29, 0.717) is 0 Å². The fourth-order valence-corrected chi connectivity index (χ4v) is 3.44. The van der Waals surface area contributed by atoms with E-state index in [0.717, 1.165) is 24.9 Å². The molecule has 0 unspecified atom stereocenters. The molecule has 1 aliphatic rings. The molecule has 1 saturated carbocycles. The number of aromatic nitrogens is 1. The van der Waals surface area contributed by atoms with E-state index in [4.69, 9.17) is 4.74 Å². The predicted octanol–water partition coefficient (Wildman–Crippen LogP) is 3.96. The molecule has 0 saturated heterocycles. The first kappa shape index (κ1) is 14.5. The maximum atomic E-state index is 5.43. The van der Waals surface area contributed by atoms with Gasteiger partial charge >= 0.3 is 0 Å². The lowest BCUT2D eigenvalue weighted by Crippen LogP contribution is -2.31. The van der Waals surface area contributed by atoms with E-state index >= 15 is 0 Å². The fraction of sp³-hybridized carbons (Fsp3) is 0.556. The summed E-state index contributed by atoms with van der Waals surface area (Å²) in [5.74, 6) is 0.961. The Morgan fingerprint density at radius 3 is 2.71 bits per heavy atom. The van der Waals surface area contributed by atoms with Crippen LogP contribution in [0.3, 0.4) is 0 Å². The minimum absolute atomic E-state index is 0.726. The first-order valence-corrected chi connectivity index (χ1v) is 8.24. The van der Waals surface area contributed by atoms with Crippen molar-refractivity contribution in [1.29, 1.82) is 0 Å². The fourth-order valence-electron chi connectivity index (χ4n) is 3.44. The second-order valence-electron chi connectivity index (χ2n) is 6.04. The molecule has 0 radical (unpaired) electrons. The summed E-state index contributed by atoms with van der Waals surface area (Å²) in [6.07, 6.45) is 10.5. The molecule has 1 N–H and O–H groups in total. The number of hydrogen-bond acceptors (Lipinski definition) is 2. The van der Waals surface area contributed by atoms with E-state index in [1.807, 2.05) is 6.07 Å². The number of benzene rings is 1. The summed E-state index contributed by atoms with van der Waals surface area (Å²) in [4.78, 5) is 0. The van der Waals surface area contributed by atoms with Gasteiger partial charge in [-0.3, -0.25) is 0 Å². The molecule has 0 bridgehead atoms. The van der Waals surface area contributed by atoms with Gasteiger partial charge in [-0.05, 0) is 31.0 Å². The van der Waals surface area contributed by atoms with E-state index in [2.05, 4.69) is 34.3 Å². The van der Waals surface area contributed by atoms with Crippen molar-refractivity contribution in [1.82, 2.24) is 9.88 Å². The van der Waals surface area contributed by atoms with Gasteiger partial charge in [-0.1, -0.05) is 31.7 Å². The van der Waals surface area contributed by atoms with Crippen LogP contribution >= 0.6 is 0 Å². The van der Waals surface area contributed by atoms with E-state index in [1.165, 1.54) is 49.4 Å². The predicted molar refractivity (Wildman–Crippen MR) is 88.0 cm³/mol. The summed E-state index contributed by atoms with van der Waals surface area (Å²) in [6, 6.07) is 9.14. The number of methoxy groups -OCH3 is 1. The van der Waals surface area contributed by atoms with Crippen molar-refractivity contribution < 1.29 is 4.74 Å². The summed E-state index contributed by atoms with van der Waals surface area (Å²) >= 11 is 0. The SMILES string of the molecule is COc1cccc2c1ccn2CCNC1CCCCCC1. The van der Waals surface area contributed by atoms with Gasteiger partial charge in [0.1, 0.15) is 5.75 Å². The second-order valence-corrected chi connectivity index (χ2v) is 6.04. The zero-order valence-electron chi connectivity index (χ0n) is 13.0. The molecular weight excluding hydrogens is 260 g/mol. The number of hydrogen-bond donors (Lipinski definition) is 1. The first-order valence-electron chi connectivity index (χ1n) is 8.24. The highest BCUT2D eigenvalue weighted by Crippen LogP contribution is 2.26. The average molecular weight is 286 g/mol. The van der Waals surface area contributed by atoms with Gasteiger partial charge in [0, 0.05) is 30.7 Å². The smallest absolute Gasteiger partial charge is 0.128 e. The summed E-state index contributed by atoms with van der Waals surface area (Å²) < 4.78 is 7.75. The van der Waals surface area contributed by atoms with Crippen LogP contribution in [0.1, 0.15) is 38.5 Å². The zero-order valence-corrected chi connectivity index (χ0v) is 13.0. The molecule has 1 heterocycles. The van der Waals surface area contributed by atoms with Crippen molar-refractivity contribution in [3.05, 3.63) is 30.5 Å². The first-order chi connectivity index (χ1) is 10.4. The van der Waals surface area contributed by atoms with Crippen molar-refractivity contribution in [2.45, 2.75) is 51.1 Å². The third-order valence-electron chi connectivity index (χ3n) is 4.63. The number of nitrogens with one attached hydrogen (secondary N) is 1. The van der Waals surface area contributed by atoms with Crippen LogP contribution in [0.15, 0.2) is 30.5 Å². The Bertz CT molecular complexity index is 568. The molecule has 21 heavy (non-hydrogen) atoms. The Morgan fingerprint density at radius 2 is 1.95 bits per heavy atom. The van der Waals surface area contributed by atoms with Gasteiger partial charge in [0.05, 0.1) is 12.6 Å². The van der Waals surface area contributed by atoms with Crippen LogP contribution in [0.5, 0.6) is 5.75 Å². The van der Waals surface area contributed by atoms with Gasteiger partial charge in [-0.25, -0.2) is 0 Å². The maximum Gasteiger partial charge on any atom is 0.128 e. The lowest BCUT2D eigenvalue weighted by atomic mass is 10.1. The van der Waals surface area contributed by atoms with Crippen molar-refractivity contribution in [3.63, 3.8) is 0 Å². The largest absolute Gasteiger partial charge is 0.496 e. The third-order valence-corrected chi connectivity index (χ3v) is 4.63. The van der Waals surface area contributed by atoms with Crippen LogP contribution in [0.25, 0.3) is 10.9 Å². The van der Waals surface area contributed by atoms with Crippen molar-refractivity contribution in [3.8, 4) is 5.75 Å². The molecule has 1 aromatic carbocycles. The highest BCUT2D eigenvalue weighted by Gasteiger charge is 2.11. The number of rotatable bonds is 5. The number of ether oxygens (including phenoxy) is 1. The molecule has 3 rings (SSSR count). The standard InChI is InChI=1S/C18H26N2O/c1-21-18-10-6-9-17-16(18)11-13-20(17)14-12-19-15-7-4-2-3-5-8-15/h6,9-11,13,15,19H,2-5,7-8,12,14H2,1H3. The summed E-state index contributed by atoms with van der Waals surface area (Å²) in [5, 5.41) is 4.94. The lowest BCUT2D eigenvalue weighted by molar-refractivity contribution is 0.419. The monoisotopic (exact) mass is 286 g/mol. The van der Waals surface area contributed by atoms with Gasteiger partial charge in [0.15, 0.2) is 0 Å². The topological polar surface area (TPSA) is 26.2 Å². The average Bonchev–Trinajstić information content (AvgIpc) is 2.75. The molecule has 1 aliphatic carbocycles. The highest BCUT2D eigenvalue weighted by molar-refractivity contribution is 5.86. The Morgan fingerprint density at radius 1 is 1.14 bits per heavy atom. The molecule has 2 aromatic rings. The molecule has 1 aromatic heterocycles. The van der Waals surface area contributed by atoms with Gasteiger partial charge in [-0.2, -0.15) is 0 Å². The van der Waals surface area contributed by atoms with Crippen LogP contribution < -0.4 is 10.1 Å². The van der Waals surface area contributed by atoms with Crippen molar-refractivity contribution in [2.24, 2.45) is 0 Å². The minimum Gasteiger partial charge on any atom is -0.496 e. The highest BCUT2D eigenvalue weighted by atomic mass is 16.5. The van der Waals surface area contributed by atoms with Crippen LogP contribution in [-0.2, 0) is 6.54 Å². The molecule has 0 aliphatic heterocycles. The van der Waals surface area contributed by atoms with E-state index in [9.17, 15) is 0 Å². The van der Waals surface area contributed by atoms with Gasteiger partial charge < -0.3 is 14.6 Å². The van der Waals surface area contributed by atoms with Gasteiger partial charge in [0.2, 0.25) is 0 Å². The normalized spacial score (nSPS) is 17.0. The number of nitrogens with zero attached hydrogens (tertiary/aromatic N) is 1. The van der Waals surface area contributed by atoms with Gasteiger partial charge in [0.25, 0.3) is 0 Å². The molecule has 3 nitrogen and oxygen atoms in total. The molecule has 1 fully saturated rings. The number of fused-ring (bicyclic) bond motifs is 1. The Labute approximate surface area is 127 Å². The molecule has 3 heteroatoms. The van der Waals surface area contributed by atoms with Crippen LogP contribution in [-0.4, -0.2) is 24.3 Å². The van der Waals surface area contributed by atoms with Gasteiger partial charge in [-0.15, -0.1) is 0 Å². The third kappa shape index (κ3) is 3.41. The van der Waals surface area contributed by atoms with Crippen molar-refractivity contribution >= 4 is 10.9 Å². The molecular formula is C18H26N2O. The Hall–Kier alpha value is -1.48. The Kier molecular flexibility index (Phi) is 4.81. The summed E-state index contributed by atoms with van der Waals surface area (Å²) in [5.41, 5.74) is 1.26. The summed E-state index contributed by atoms with van der Waals surface area (Å²) in [6.45, 7) is 2.07. The molecule has 0 amide bonds. The molecule has 114 valence electrons. The van der Waals surface area contributed by atoms with Crippen LogP contribution in [0, 0.1) is 0 Å².